The van der Waals surface area contributed by atoms with Gasteiger partial charge in [0, 0.05) is 25.5 Å². The predicted octanol–water partition coefficient (Wildman–Crippen LogP) is 1.17. The minimum Gasteiger partial charge on any atom is -0.411 e. The van der Waals surface area contributed by atoms with Gasteiger partial charge in [-0.05, 0) is 31.0 Å². The second-order valence-electron chi connectivity index (χ2n) is 6.31. The van der Waals surface area contributed by atoms with E-state index in [0.717, 1.165) is 12.8 Å². The number of nitrogens with zero attached hydrogens (tertiary/aromatic N) is 4. The third-order valence-corrected chi connectivity index (χ3v) is 5.75. The molecule has 4 rings (SSSR count). The third kappa shape index (κ3) is 3.80. The number of hydrogen-bond donors (Lipinski definition) is 2. The van der Waals surface area contributed by atoms with Crippen LogP contribution in [0.1, 0.15) is 29.2 Å². The van der Waals surface area contributed by atoms with E-state index in [1.165, 1.54) is 12.3 Å². The van der Waals surface area contributed by atoms with Crippen LogP contribution in [0.5, 0.6) is 0 Å². The molecule has 0 aromatic carbocycles. The number of aromatic amines is 1. The van der Waals surface area contributed by atoms with E-state index in [4.69, 9.17) is 4.42 Å². The first-order valence-corrected chi connectivity index (χ1v) is 10.2. The molecule has 4 heterocycles. The maximum absolute atomic E-state index is 12.5. The summed E-state index contributed by atoms with van der Waals surface area (Å²) in [4.78, 5) is 20.8. The fourth-order valence-electron chi connectivity index (χ4n) is 2.88. The van der Waals surface area contributed by atoms with Crippen molar-refractivity contribution >= 4 is 15.9 Å². The summed E-state index contributed by atoms with van der Waals surface area (Å²) >= 11 is 0. The Morgan fingerprint density at radius 1 is 1.25 bits per heavy atom. The molecule has 1 aliphatic rings. The van der Waals surface area contributed by atoms with Crippen LogP contribution in [0.3, 0.4) is 0 Å². The van der Waals surface area contributed by atoms with Crippen molar-refractivity contribution in [3.05, 3.63) is 48.2 Å². The Bertz CT molecular complexity index is 1070. The number of rotatable bonds is 6. The van der Waals surface area contributed by atoms with Crippen molar-refractivity contribution in [1.82, 2.24) is 29.8 Å². The summed E-state index contributed by atoms with van der Waals surface area (Å²) in [5, 5.41) is 7.63. The Morgan fingerprint density at radius 3 is 2.82 bits per heavy atom. The molecule has 0 radical (unpaired) electrons. The molecule has 0 spiro atoms. The highest BCUT2D eigenvalue weighted by molar-refractivity contribution is 7.89. The van der Waals surface area contributed by atoms with Gasteiger partial charge in [-0.3, -0.25) is 9.78 Å². The maximum Gasteiger partial charge on any atom is 0.311 e. The summed E-state index contributed by atoms with van der Waals surface area (Å²) in [5.41, 5.74) is 0.912. The number of nitrogens with one attached hydrogen (secondary N) is 2. The van der Waals surface area contributed by atoms with Gasteiger partial charge in [-0.25, -0.2) is 13.1 Å². The molecule has 28 heavy (non-hydrogen) atoms. The lowest BCUT2D eigenvalue weighted by Gasteiger charge is -2.11. The van der Waals surface area contributed by atoms with Gasteiger partial charge in [0.25, 0.3) is 5.89 Å². The number of pyridine rings is 1. The molecule has 0 unspecified atom stereocenters. The highest BCUT2D eigenvalue weighted by atomic mass is 32.2. The first kappa shape index (κ1) is 18.3. The summed E-state index contributed by atoms with van der Waals surface area (Å²) in [7, 11) is -3.75. The van der Waals surface area contributed by atoms with Gasteiger partial charge in [0.2, 0.25) is 10.0 Å². The summed E-state index contributed by atoms with van der Waals surface area (Å²) in [6, 6.07) is 6.63. The molecule has 3 aromatic rings. The zero-order valence-electron chi connectivity index (χ0n) is 14.8. The van der Waals surface area contributed by atoms with Crippen LogP contribution in [-0.2, 0) is 16.6 Å². The Balaban J connectivity index is 1.47. The minimum absolute atomic E-state index is 0.0176. The van der Waals surface area contributed by atoms with Gasteiger partial charge >= 0.3 is 11.8 Å². The highest BCUT2D eigenvalue weighted by Crippen LogP contribution is 2.21. The van der Waals surface area contributed by atoms with Gasteiger partial charge in [0.1, 0.15) is 10.6 Å². The Labute approximate surface area is 161 Å². The fraction of sp³-hybridized carbons (Fsp3) is 0.294. The molecule has 0 atom stereocenters. The molecule has 146 valence electrons. The number of likely N-dealkylation sites (tertiary alicyclic amines) is 1. The molecule has 1 amide bonds. The first-order chi connectivity index (χ1) is 13.5. The molecular formula is C17H18N6O4S. The van der Waals surface area contributed by atoms with Gasteiger partial charge in [0.05, 0.1) is 12.2 Å². The lowest BCUT2D eigenvalue weighted by atomic mass is 10.4. The third-order valence-electron chi connectivity index (χ3n) is 4.37. The average molecular weight is 402 g/mol. The summed E-state index contributed by atoms with van der Waals surface area (Å²) in [6.45, 7) is 1.41. The second-order valence-corrected chi connectivity index (χ2v) is 8.07. The standard InChI is InChI=1S/C17H18N6O4S/c24-17(23-7-3-4-8-23)16-22-21-15(27-16)14-9-13(11-19-14)28(25,26)20-10-12-5-1-2-6-18-12/h1-2,5-6,9,11,19-20H,3-4,7-8,10H2. The highest BCUT2D eigenvalue weighted by Gasteiger charge is 2.25. The zero-order chi connectivity index (χ0) is 19.6. The van der Waals surface area contributed by atoms with E-state index in [9.17, 15) is 13.2 Å². The summed E-state index contributed by atoms with van der Waals surface area (Å²) in [6.07, 6.45) is 4.82. The average Bonchev–Trinajstić information content (AvgIpc) is 3.47. The molecule has 1 aliphatic heterocycles. The van der Waals surface area contributed by atoms with E-state index in [1.807, 2.05) is 0 Å². The van der Waals surface area contributed by atoms with Gasteiger partial charge in [0.15, 0.2) is 0 Å². The molecule has 1 saturated heterocycles. The molecular weight excluding hydrogens is 384 g/mol. The molecule has 0 bridgehead atoms. The number of carbonyl (C=O) groups excluding carboxylic acids is 1. The van der Waals surface area contributed by atoms with Crippen LogP contribution in [0.4, 0.5) is 0 Å². The Morgan fingerprint density at radius 2 is 2.07 bits per heavy atom. The van der Waals surface area contributed by atoms with Crippen LogP contribution < -0.4 is 4.72 Å². The molecule has 0 saturated carbocycles. The molecule has 2 N–H and O–H groups in total. The maximum atomic E-state index is 12.5. The Kier molecular flexibility index (Phi) is 4.92. The van der Waals surface area contributed by atoms with Crippen LogP contribution >= 0.6 is 0 Å². The van der Waals surface area contributed by atoms with Gasteiger partial charge in [-0.15, -0.1) is 10.2 Å². The smallest absolute Gasteiger partial charge is 0.311 e. The topological polar surface area (TPSA) is 134 Å². The molecule has 10 nitrogen and oxygen atoms in total. The number of amides is 1. The normalized spacial score (nSPS) is 14.5. The first-order valence-electron chi connectivity index (χ1n) is 8.74. The van der Waals surface area contributed by atoms with E-state index >= 15 is 0 Å². The number of sulfonamides is 1. The Hall–Kier alpha value is -3.05. The second kappa shape index (κ2) is 7.52. The number of carbonyl (C=O) groups is 1. The summed E-state index contributed by atoms with van der Waals surface area (Å²) in [5.74, 6) is -0.370. The number of hydrogen-bond acceptors (Lipinski definition) is 7. The van der Waals surface area contributed by atoms with Gasteiger partial charge < -0.3 is 14.3 Å². The van der Waals surface area contributed by atoms with Crippen LogP contribution in [0.25, 0.3) is 11.6 Å². The predicted molar refractivity (Wildman–Crippen MR) is 97.5 cm³/mol. The number of H-pyrrole nitrogens is 1. The zero-order valence-corrected chi connectivity index (χ0v) is 15.6. The van der Waals surface area contributed by atoms with Crippen molar-refractivity contribution in [2.75, 3.05) is 13.1 Å². The SMILES string of the molecule is O=C(c1nnc(-c2cc(S(=O)(=O)NCc3ccccn3)c[nH]2)o1)N1CCCC1. The van der Waals surface area contributed by atoms with E-state index in [-0.39, 0.29) is 29.1 Å². The van der Waals surface area contributed by atoms with E-state index in [2.05, 4.69) is 24.9 Å². The summed E-state index contributed by atoms with van der Waals surface area (Å²) < 4.78 is 32.8. The molecule has 3 aromatic heterocycles. The van der Waals surface area contributed by atoms with Crippen LogP contribution in [-0.4, -0.2) is 52.5 Å². The lowest BCUT2D eigenvalue weighted by Crippen LogP contribution is -2.27. The van der Waals surface area contributed by atoms with Crippen LogP contribution in [0, 0.1) is 0 Å². The van der Waals surface area contributed by atoms with E-state index in [1.54, 1.807) is 29.3 Å². The van der Waals surface area contributed by atoms with Gasteiger partial charge in [-0.1, -0.05) is 6.07 Å². The lowest BCUT2D eigenvalue weighted by molar-refractivity contribution is 0.0754. The van der Waals surface area contributed by atoms with E-state index < -0.39 is 10.0 Å². The van der Waals surface area contributed by atoms with Crippen molar-refractivity contribution in [1.29, 1.82) is 0 Å². The van der Waals surface area contributed by atoms with Gasteiger partial charge in [-0.2, -0.15) is 0 Å². The van der Waals surface area contributed by atoms with E-state index in [0.29, 0.717) is 24.5 Å². The molecule has 1 fully saturated rings. The van der Waals surface area contributed by atoms with Crippen molar-refractivity contribution < 1.29 is 17.6 Å². The number of aromatic nitrogens is 4. The minimum atomic E-state index is -3.75. The van der Waals surface area contributed by atoms with Crippen molar-refractivity contribution in [2.45, 2.75) is 24.3 Å². The van der Waals surface area contributed by atoms with Crippen LogP contribution in [0.15, 0.2) is 46.0 Å². The van der Waals surface area contributed by atoms with Crippen molar-refractivity contribution in [3.8, 4) is 11.6 Å². The van der Waals surface area contributed by atoms with Crippen LogP contribution in [0.2, 0.25) is 0 Å². The largest absolute Gasteiger partial charge is 0.411 e. The molecule has 11 heteroatoms. The molecule has 0 aliphatic carbocycles. The van der Waals surface area contributed by atoms with Crippen molar-refractivity contribution in [3.63, 3.8) is 0 Å². The fourth-order valence-corrected chi connectivity index (χ4v) is 3.87. The quantitative estimate of drug-likeness (QED) is 0.632. The van der Waals surface area contributed by atoms with Crippen molar-refractivity contribution in [2.24, 2.45) is 0 Å². The monoisotopic (exact) mass is 402 g/mol.